The van der Waals surface area contributed by atoms with Crippen LogP contribution in [0.2, 0.25) is 0 Å². The van der Waals surface area contributed by atoms with Crippen LogP contribution in [0.4, 0.5) is 10.5 Å². The number of hydrogen-bond donors (Lipinski definition) is 2. The SMILES string of the molecule is O=C(/C=C/c1ccc(N2CCN(C(=O)OCc3ccc4c(c3)OCO4)CC2)cc1)NO. The van der Waals surface area contributed by atoms with E-state index in [0.717, 1.165) is 16.8 Å². The molecular weight excluding hydrogens is 402 g/mol. The quantitative estimate of drug-likeness (QED) is 0.431. The van der Waals surface area contributed by atoms with Gasteiger partial charge in [0.2, 0.25) is 6.79 Å². The van der Waals surface area contributed by atoms with Crippen molar-refractivity contribution in [2.75, 3.05) is 37.9 Å². The molecule has 2 aliphatic heterocycles. The van der Waals surface area contributed by atoms with Gasteiger partial charge in [-0.05, 0) is 41.5 Å². The van der Waals surface area contributed by atoms with Crippen LogP contribution >= 0.6 is 0 Å². The zero-order valence-corrected chi connectivity index (χ0v) is 16.8. The van der Waals surface area contributed by atoms with E-state index >= 15 is 0 Å². The molecule has 31 heavy (non-hydrogen) atoms. The van der Waals surface area contributed by atoms with Crippen LogP contribution in [0, 0.1) is 0 Å². The number of rotatable bonds is 5. The third-order valence-corrected chi connectivity index (χ3v) is 5.13. The molecule has 2 aromatic carbocycles. The van der Waals surface area contributed by atoms with E-state index in [1.54, 1.807) is 16.5 Å². The van der Waals surface area contributed by atoms with Gasteiger partial charge in [0.1, 0.15) is 6.61 Å². The predicted molar refractivity (Wildman–Crippen MR) is 112 cm³/mol. The Morgan fingerprint density at radius 2 is 1.77 bits per heavy atom. The second-order valence-electron chi connectivity index (χ2n) is 7.12. The summed E-state index contributed by atoms with van der Waals surface area (Å²) in [5.41, 5.74) is 4.29. The van der Waals surface area contributed by atoms with Gasteiger partial charge >= 0.3 is 6.09 Å². The summed E-state index contributed by atoms with van der Waals surface area (Å²) in [6, 6.07) is 13.2. The molecule has 0 bridgehead atoms. The van der Waals surface area contributed by atoms with Gasteiger partial charge in [-0.3, -0.25) is 10.0 Å². The van der Waals surface area contributed by atoms with E-state index in [4.69, 9.17) is 19.4 Å². The minimum atomic E-state index is -0.578. The van der Waals surface area contributed by atoms with Crippen molar-refractivity contribution in [3.8, 4) is 11.5 Å². The smallest absolute Gasteiger partial charge is 0.410 e. The third-order valence-electron chi connectivity index (χ3n) is 5.13. The molecule has 162 valence electrons. The second-order valence-corrected chi connectivity index (χ2v) is 7.12. The van der Waals surface area contributed by atoms with Crippen molar-refractivity contribution >= 4 is 23.8 Å². The summed E-state index contributed by atoms with van der Waals surface area (Å²) in [6.45, 7) is 2.92. The summed E-state index contributed by atoms with van der Waals surface area (Å²) in [5, 5.41) is 8.51. The number of fused-ring (bicyclic) bond motifs is 1. The monoisotopic (exact) mass is 425 g/mol. The molecule has 0 spiro atoms. The van der Waals surface area contributed by atoms with Crippen molar-refractivity contribution in [2.24, 2.45) is 0 Å². The van der Waals surface area contributed by atoms with Gasteiger partial charge in [-0.1, -0.05) is 18.2 Å². The number of nitrogens with zero attached hydrogens (tertiary/aromatic N) is 2. The highest BCUT2D eigenvalue weighted by molar-refractivity contribution is 5.90. The molecule has 0 unspecified atom stereocenters. The first-order valence-corrected chi connectivity index (χ1v) is 9.90. The average Bonchev–Trinajstić information content (AvgIpc) is 3.29. The molecule has 9 heteroatoms. The fourth-order valence-electron chi connectivity index (χ4n) is 3.42. The number of benzene rings is 2. The van der Waals surface area contributed by atoms with Gasteiger partial charge in [0, 0.05) is 37.9 Å². The summed E-state index contributed by atoms with van der Waals surface area (Å²) >= 11 is 0. The van der Waals surface area contributed by atoms with Gasteiger partial charge in [0.05, 0.1) is 0 Å². The number of anilines is 1. The summed E-state index contributed by atoms with van der Waals surface area (Å²) < 4.78 is 16.1. The fraction of sp³-hybridized carbons (Fsp3) is 0.273. The lowest BCUT2D eigenvalue weighted by atomic mass is 10.1. The lowest BCUT2D eigenvalue weighted by Crippen LogP contribution is -2.48. The molecule has 9 nitrogen and oxygen atoms in total. The average molecular weight is 425 g/mol. The van der Waals surface area contributed by atoms with Gasteiger partial charge in [0.15, 0.2) is 11.5 Å². The minimum absolute atomic E-state index is 0.180. The Morgan fingerprint density at radius 1 is 1.03 bits per heavy atom. The standard InChI is InChI=1S/C22H23N3O6/c26-21(23-28)8-4-16-1-5-18(6-2-16)24-9-11-25(12-10-24)22(27)29-14-17-3-7-19-20(13-17)31-15-30-19/h1-8,13,28H,9-12,14-15H2,(H,23,26)/b8-4+. The number of hydrogen-bond acceptors (Lipinski definition) is 7. The molecule has 4 rings (SSSR count). The number of amides is 2. The molecule has 0 atom stereocenters. The van der Waals surface area contributed by atoms with E-state index in [9.17, 15) is 9.59 Å². The van der Waals surface area contributed by atoms with E-state index in [-0.39, 0.29) is 19.5 Å². The van der Waals surface area contributed by atoms with Crippen LogP contribution in [-0.2, 0) is 16.1 Å². The summed E-state index contributed by atoms with van der Waals surface area (Å²) in [7, 11) is 0. The van der Waals surface area contributed by atoms with Gasteiger partial charge in [-0.15, -0.1) is 0 Å². The van der Waals surface area contributed by atoms with E-state index in [2.05, 4.69) is 4.90 Å². The molecule has 1 saturated heterocycles. The molecule has 2 amide bonds. The van der Waals surface area contributed by atoms with Crippen molar-refractivity contribution in [3.05, 3.63) is 59.7 Å². The summed E-state index contributed by atoms with van der Waals surface area (Å²) in [4.78, 5) is 27.4. The topological polar surface area (TPSA) is 101 Å². The van der Waals surface area contributed by atoms with Crippen LogP contribution in [-0.4, -0.2) is 55.1 Å². The first kappa shape index (κ1) is 20.5. The Hall–Kier alpha value is -3.72. The molecule has 0 saturated carbocycles. The van der Waals surface area contributed by atoms with Gasteiger partial charge in [-0.25, -0.2) is 10.3 Å². The predicted octanol–water partition coefficient (Wildman–Crippen LogP) is 2.39. The largest absolute Gasteiger partial charge is 0.454 e. The normalized spacial score (nSPS) is 15.3. The van der Waals surface area contributed by atoms with E-state index < -0.39 is 5.91 Å². The Kier molecular flexibility index (Phi) is 6.23. The van der Waals surface area contributed by atoms with Gasteiger partial charge in [0.25, 0.3) is 5.91 Å². The van der Waals surface area contributed by atoms with Gasteiger partial charge < -0.3 is 24.0 Å². The molecule has 2 heterocycles. The second kappa shape index (κ2) is 9.40. The van der Waals surface area contributed by atoms with E-state index in [0.29, 0.717) is 37.7 Å². The highest BCUT2D eigenvalue weighted by atomic mass is 16.7. The number of ether oxygens (including phenoxy) is 3. The first-order valence-electron chi connectivity index (χ1n) is 9.90. The lowest BCUT2D eigenvalue weighted by molar-refractivity contribution is -0.124. The number of hydroxylamine groups is 1. The molecule has 2 aromatic rings. The number of carbonyl (C=O) groups excluding carboxylic acids is 2. The van der Waals surface area contributed by atoms with Crippen molar-refractivity contribution in [3.63, 3.8) is 0 Å². The van der Waals surface area contributed by atoms with E-state index in [1.807, 2.05) is 42.5 Å². The molecule has 2 aliphatic rings. The van der Waals surface area contributed by atoms with Crippen LogP contribution in [0.3, 0.4) is 0 Å². The Morgan fingerprint density at radius 3 is 2.52 bits per heavy atom. The summed E-state index contributed by atoms with van der Waals surface area (Å²) in [5.74, 6) is 0.789. The van der Waals surface area contributed by atoms with Crippen LogP contribution in [0.5, 0.6) is 11.5 Å². The number of nitrogens with one attached hydrogen (secondary N) is 1. The van der Waals surface area contributed by atoms with Crippen molar-refractivity contribution in [1.82, 2.24) is 10.4 Å². The maximum atomic E-state index is 12.4. The number of piperazine rings is 1. The molecule has 1 fully saturated rings. The zero-order valence-electron chi connectivity index (χ0n) is 16.8. The van der Waals surface area contributed by atoms with Crippen LogP contribution in [0.15, 0.2) is 48.5 Å². The van der Waals surface area contributed by atoms with Crippen molar-refractivity contribution in [2.45, 2.75) is 6.61 Å². The summed E-state index contributed by atoms with van der Waals surface area (Å²) in [6.07, 6.45) is 2.53. The van der Waals surface area contributed by atoms with Crippen LogP contribution in [0.1, 0.15) is 11.1 Å². The van der Waals surface area contributed by atoms with Crippen molar-refractivity contribution in [1.29, 1.82) is 0 Å². The van der Waals surface area contributed by atoms with Crippen molar-refractivity contribution < 1.29 is 29.0 Å². The Labute approximate surface area is 179 Å². The van der Waals surface area contributed by atoms with Crippen LogP contribution in [0.25, 0.3) is 6.08 Å². The van der Waals surface area contributed by atoms with Gasteiger partial charge in [-0.2, -0.15) is 0 Å². The molecular formula is C22H23N3O6. The Bertz CT molecular complexity index is 968. The molecule has 0 aromatic heterocycles. The number of carbonyl (C=O) groups is 2. The first-order chi connectivity index (χ1) is 15.1. The lowest BCUT2D eigenvalue weighted by Gasteiger charge is -2.35. The van der Waals surface area contributed by atoms with E-state index in [1.165, 1.54) is 6.08 Å². The molecule has 0 radical (unpaired) electrons. The fourth-order valence-corrected chi connectivity index (χ4v) is 3.42. The zero-order chi connectivity index (χ0) is 21.6. The third kappa shape index (κ3) is 5.07. The molecule has 2 N–H and O–H groups in total. The minimum Gasteiger partial charge on any atom is -0.454 e. The maximum absolute atomic E-state index is 12.4. The maximum Gasteiger partial charge on any atom is 0.410 e. The molecule has 0 aliphatic carbocycles. The highest BCUT2D eigenvalue weighted by Gasteiger charge is 2.22. The van der Waals surface area contributed by atoms with Crippen LogP contribution < -0.4 is 19.9 Å². The highest BCUT2D eigenvalue weighted by Crippen LogP contribution is 2.32. The Balaban J connectivity index is 1.25.